The lowest BCUT2D eigenvalue weighted by Gasteiger charge is -2.29. The zero-order valence-corrected chi connectivity index (χ0v) is 11.3. The summed E-state index contributed by atoms with van der Waals surface area (Å²) in [5.41, 5.74) is 12.2. The first-order valence-corrected chi connectivity index (χ1v) is 6.43. The minimum absolute atomic E-state index is 0.180. The van der Waals surface area contributed by atoms with Crippen molar-refractivity contribution in [2.75, 3.05) is 13.7 Å². The highest BCUT2D eigenvalue weighted by atomic mass is 19.1. The van der Waals surface area contributed by atoms with E-state index in [0.29, 0.717) is 11.5 Å². The molecule has 1 fully saturated rings. The fraction of sp³-hybridized carbons (Fsp3) is 0.636. The van der Waals surface area contributed by atoms with Crippen LogP contribution in [0.5, 0.6) is 0 Å². The fourth-order valence-electron chi connectivity index (χ4n) is 2.48. The summed E-state index contributed by atoms with van der Waals surface area (Å²) in [5.74, 6) is 0.493. The Labute approximate surface area is 119 Å². The number of halogens is 1. The predicted molar refractivity (Wildman–Crippen MR) is 70.1 cm³/mol. The molecule has 2 aliphatic rings. The van der Waals surface area contributed by atoms with Gasteiger partial charge in [-0.1, -0.05) is 0 Å². The number of rotatable bonds is 2. The van der Waals surface area contributed by atoms with E-state index >= 15 is 0 Å². The summed E-state index contributed by atoms with van der Waals surface area (Å²) in [6, 6.07) is 0. The molecular formula is C11H17FN6O3. The summed E-state index contributed by atoms with van der Waals surface area (Å²) >= 11 is 0. The van der Waals surface area contributed by atoms with Crippen molar-refractivity contribution in [1.82, 2.24) is 14.5 Å². The van der Waals surface area contributed by atoms with E-state index in [1.165, 1.54) is 10.9 Å². The van der Waals surface area contributed by atoms with Crippen LogP contribution in [-0.4, -0.2) is 62.7 Å². The van der Waals surface area contributed by atoms with Gasteiger partial charge in [-0.15, -0.1) is 0 Å². The number of aliphatic hydroxyl groups is 2. The van der Waals surface area contributed by atoms with E-state index in [9.17, 15) is 9.50 Å². The van der Waals surface area contributed by atoms with Crippen molar-refractivity contribution in [3.05, 3.63) is 12.0 Å². The van der Waals surface area contributed by atoms with E-state index in [2.05, 4.69) is 9.98 Å². The molecule has 116 valence electrons. The molecule has 0 saturated carbocycles. The molecule has 1 unspecified atom stereocenters. The van der Waals surface area contributed by atoms with Gasteiger partial charge in [-0.3, -0.25) is 4.57 Å². The Balaban J connectivity index is 1.99. The molecule has 3 rings (SSSR count). The first-order chi connectivity index (χ1) is 9.95. The Morgan fingerprint density at radius 2 is 2.24 bits per heavy atom. The van der Waals surface area contributed by atoms with E-state index in [1.807, 2.05) is 0 Å². The molecule has 1 aromatic heterocycles. The number of fused-ring (bicyclic) bond motifs is 1. The molecule has 0 spiro atoms. The van der Waals surface area contributed by atoms with Gasteiger partial charge < -0.3 is 31.3 Å². The van der Waals surface area contributed by atoms with E-state index in [4.69, 9.17) is 21.3 Å². The van der Waals surface area contributed by atoms with Crippen LogP contribution in [0.4, 0.5) is 10.2 Å². The molecule has 21 heavy (non-hydrogen) atoms. The summed E-state index contributed by atoms with van der Waals surface area (Å²) in [5, 5.41) is 19.0. The average Bonchev–Trinajstić information content (AvgIpc) is 2.99. The number of imidazole rings is 1. The molecule has 1 aromatic rings. The Hall–Kier alpha value is -1.75. The number of hydrogen-bond donors (Lipinski definition) is 4. The largest absolute Gasteiger partial charge is 0.394 e. The second-order valence-electron chi connectivity index (χ2n) is 5.07. The van der Waals surface area contributed by atoms with E-state index in [0.717, 1.165) is 0 Å². The minimum atomic E-state index is -1.70. The van der Waals surface area contributed by atoms with E-state index in [1.54, 1.807) is 11.9 Å². The Bertz CT molecular complexity index is 578. The van der Waals surface area contributed by atoms with Crippen molar-refractivity contribution in [2.24, 2.45) is 16.5 Å². The van der Waals surface area contributed by atoms with Crippen LogP contribution in [0.1, 0.15) is 18.1 Å². The molecule has 2 aliphatic heterocycles. The summed E-state index contributed by atoms with van der Waals surface area (Å²) < 4.78 is 20.5. The summed E-state index contributed by atoms with van der Waals surface area (Å²) in [7, 11) is 1.67. The van der Waals surface area contributed by atoms with Crippen molar-refractivity contribution in [3.8, 4) is 0 Å². The third-order valence-electron chi connectivity index (χ3n) is 3.82. The standard InChI is InChI=1S/C11H17FN6O3/c1-17-8(13)6-9(16-11(17)14)18(3-15-6)10-7(20)5(12)4(2-19)21-10/h3-5,7-8,10,19-20H,2,13H2,1H3,(H2,14,16)/t4-,5-,7-,8?,10-/m1/s1. The van der Waals surface area contributed by atoms with Gasteiger partial charge in [-0.05, 0) is 0 Å². The molecule has 5 atom stereocenters. The SMILES string of the molecule is CN1C(N)=Nc2c(ncn2[C@@H]2O[C@H](CO)[C@@H](F)[C@H]2O)C1N. The van der Waals surface area contributed by atoms with Crippen LogP contribution in [0, 0.1) is 0 Å². The second-order valence-corrected chi connectivity index (χ2v) is 5.07. The molecule has 10 heteroatoms. The lowest BCUT2D eigenvalue weighted by Crippen LogP contribution is -2.43. The number of aliphatic hydroxyl groups excluding tert-OH is 2. The lowest BCUT2D eigenvalue weighted by atomic mass is 10.1. The maximum atomic E-state index is 13.8. The Kier molecular flexibility index (Phi) is 3.32. The van der Waals surface area contributed by atoms with Crippen LogP contribution >= 0.6 is 0 Å². The predicted octanol–water partition coefficient (Wildman–Crippen LogP) is -1.68. The Morgan fingerprint density at radius 3 is 2.86 bits per heavy atom. The van der Waals surface area contributed by atoms with E-state index < -0.39 is 37.4 Å². The lowest BCUT2D eigenvalue weighted by molar-refractivity contribution is -0.0505. The third-order valence-corrected chi connectivity index (χ3v) is 3.82. The van der Waals surface area contributed by atoms with Crippen molar-refractivity contribution >= 4 is 11.8 Å². The maximum Gasteiger partial charge on any atom is 0.199 e. The van der Waals surface area contributed by atoms with Crippen LogP contribution in [-0.2, 0) is 4.74 Å². The number of nitrogens with zero attached hydrogens (tertiary/aromatic N) is 4. The minimum Gasteiger partial charge on any atom is -0.394 e. The molecule has 3 heterocycles. The van der Waals surface area contributed by atoms with Crippen molar-refractivity contribution in [3.63, 3.8) is 0 Å². The first-order valence-electron chi connectivity index (χ1n) is 6.43. The van der Waals surface area contributed by atoms with Crippen molar-refractivity contribution in [1.29, 1.82) is 0 Å². The van der Waals surface area contributed by atoms with Crippen LogP contribution in [0.3, 0.4) is 0 Å². The molecule has 0 amide bonds. The van der Waals surface area contributed by atoms with Gasteiger partial charge in [0.2, 0.25) is 0 Å². The fourth-order valence-corrected chi connectivity index (χ4v) is 2.48. The van der Waals surface area contributed by atoms with Gasteiger partial charge in [0.15, 0.2) is 24.2 Å². The van der Waals surface area contributed by atoms with Gasteiger partial charge in [-0.2, -0.15) is 4.99 Å². The zero-order valence-electron chi connectivity index (χ0n) is 11.3. The van der Waals surface area contributed by atoms with Gasteiger partial charge in [-0.25, -0.2) is 9.37 Å². The first kappa shape index (κ1) is 14.2. The van der Waals surface area contributed by atoms with Gasteiger partial charge in [0.25, 0.3) is 0 Å². The molecule has 6 N–H and O–H groups in total. The highest BCUT2D eigenvalue weighted by molar-refractivity contribution is 5.83. The van der Waals surface area contributed by atoms with Crippen molar-refractivity contribution in [2.45, 2.75) is 30.8 Å². The molecule has 0 radical (unpaired) electrons. The maximum absolute atomic E-state index is 13.8. The average molecular weight is 300 g/mol. The van der Waals surface area contributed by atoms with Gasteiger partial charge >= 0.3 is 0 Å². The molecule has 0 bridgehead atoms. The number of guanidine groups is 1. The van der Waals surface area contributed by atoms with Crippen LogP contribution in [0.15, 0.2) is 11.3 Å². The summed E-state index contributed by atoms with van der Waals surface area (Å²) in [6.45, 7) is -0.528. The molecular weight excluding hydrogens is 283 g/mol. The topological polar surface area (TPSA) is 135 Å². The second kappa shape index (κ2) is 4.91. The third kappa shape index (κ3) is 1.99. The number of aromatic nitrogens is 2. The number of alkyl halides is 1. The highest BCUT2D eigenvalue weighted by Crippen LogP contribution is 2.37. The smallest absolute Gasteiger partial charge is 0.199 e. The monoisotopic (exact) mass is 300 g/mol. The highest BCUT2D eigenvalue weighted by Gasteiger charge is 2.46. The molecule has 1 saturated heterocycles. The van der Waals surface area contributed by atoms with Gasteiger partial charge in [0.05, 0.1) is 12.9 Å². The van der Waals surface area contributed by atoms with Crippen molar-refractivity contribution < 1.29 is 19.3 Å². The normalized spacial score (nSPS) is 35.8. The van der Waals surface area contributed by atoms with Crippen LogP contribution < -0.4 is 11.5 Å². The number of aliphatic imine (C=N–C) groups is 1. The van der Waals surface area contributed by atoms with Gasteiger partial charge in [0.1, 0.15) is 24.1 Å². The zero-order chi connectivity index (χ0) is 15.3. The van der Waals surface area contributed by atoms with Crippen LogP contribution in [0.2, 0.25) is 0 Å². The summed E-state index contributed by atoms with van der Waals surface area (Å²) in [4.78, 5) is 9.83. The number of nitrogens with two attached hydrogens (primary N) is 2. The molecule has 9 nitrogen and oxygen atoms in total. The number of hydrogen-bond acceptors (Lipinski definition) is 8. The molecule has 0 aromatic carbocycles. The molecule has 0 aliphatic carbocycles. The van der Waals surface area contributed by atoms with E-state index in [-0.39, 0.29) is 5.96 Å². The quantitative estimate of drug-likeness (QED) is 0.512. The van der Waals surface area contributed by atoms with Gasteiger partial charge in [0, 0.05) is 7.05 Å². The number of ether oxygens (including phenoxy) is 1. The summed E-state index contributed by atoms with van der Waals surface area (Å²) in [6.07, 6.45) is -4.50. The Morgan fingerprint density at radius 1 is 1.52 bits per heavy atom. The van der Waals surface area contributed by atoms with Crippen LogP contribution in [0.25, 0.3) is 0 Å².